The predicted octanol–water partition coefficient (Wildman–Crippen LogP) is 10.2. The highest BCUT2D eigenvalue weighted by Crippen LogP contribution is 2.63. The van der Waals surface area contributed by atoms with Crippen molar-refractivity contribution in [3.05, 3.63) is 35.9 Å². The van der Waals surface area contributed by atoms with E-state index in [1.807, 2.05) is 0 Å². The predicted molar refractivity (Wildman–Crippen MR) is 134 cm³/mol. The average Bonchev–Trinajstić information content (AvgIpc) is 2.71. The smallest absolute Gasteiger partial charge is 0.418 e. The maximum atomic E-state index is 9.75. The number of halogens is 4. The van der Waals surface area contributed by atoms with Crippen LogP contribution < -0.4 is 0 Å². The molecule has 0 heterocycles. The molecule has 0 radical (unpaired) electrons. The summed E-state index contributed by atoms with van der Waals surface area (Å²) in [5.74, 6) is 0. The quantitative estimate of drug-likeness (QED) is 0.0931. The average molecular weight is 464 g/mol. The molecule has 31 heavy (non-hydrogen) atoms. The molecular formula is C25H46BF4P. The molecule has 0 N–H and O–H groups in total. The van der Waals surface area contributed by atoms with Gasteiger partial charge >= 0.3 is 7.25 Å². The zero-order chi connectivity index (χ0) is 23.4. The number of hydrogen-bond acceptors (Lipinski definition) is 0. The Hall–Kier alpha value is -0.565. The molecule has 0 spiro atoms. The van der Waals surface area contributed by atoms with Crippen LogP contribution in [0.3, 0.4) is 0 Å². The summed E-state index contributed by atoms with van der Waals surface area (Å²) >= 11 is 0. The van der Waals surface area contributed by atoms with Gasteiger partial charge in [0.25, 0.3) is 0 Å². The third-order valence-corrected chi connectivity index (χ3v) is 10.6. The molecule has 0 saturated heterocycles. The minimum absolute atomic E-state index is 0.839. The Morgan fingerprint density at radius 2 is 0.935 bits per heavy atom. The molecule has 1 aromatic carbocycles. The van der Waals surface area contributed by atoms with E-state index in [2.05, 4.69) is 51.1 Å². The van der Waals surface area contributed by atoms with Gasteiger partial charge in [-0.15, -0.1) is 0 Å². The van der Waals surface area contributed by atoms with Gasteiger partial charge in [0.15, 0.2) is 0 Å². The van der Waals surface area contributed by atoms with Crippen molar-refractivity contribution < 1.29 is 17.3 Å². The maximum absolute atomic E-state index is 9.75. The zero-order valence-corrected chi connectivity index (χ0v) is 21.1. The van der Waals surface area contributed by atoms with Gasteiger partial charge in [-0.25, -0.2) is 0 Å². The van der Waals surface area contributed by atoms with Crippen LogP contribution in [0.5, 0.6) is 0 Å². The van der Waals surface area contributed by atoms with Gasteiger partial charge in [0.2, 0.25) is 0 Å². The third kappa shape index (κ3) is 19.8. The molecule has 0 aliphatic heterocycles. The minimum atomic E-state index is -6.00. The van der Waals surface area contributed by atoms with E-state index in [1.165, 1.54) is 83.2 Å². The van der Waals surface area contributed by atoms with Crippen LogP contribution in [0, 0.1) is 0 Å². The van der Waals surface area contributed by atoms with E-state index in [0.717, 1.165) is 0 Å². The van der Waals surface area contributed by atoms with Crippen molar-refractivity contribution in [3.63, 3.8) is 0 Å². The molecular weight excluding hydrogens is 418 g/mol. The van der Waals surface area contributed by atoms with E-state index in [-0.39, 0.29) is 0 Å². The summed E-state index contributed by atoms with van der Waals surface area (Å²) in [4.78, 5) is 0. The van der Waals surface area contributed by atoms with Gasteiger partial charge in [-0.1, -0.05) is 89.6 Å². The summed E-state index contributed by atoms with van der Waals surface area (Å²) < 4.78 is 39.0. The van der Waals surface area contributed by atoms with Crippen LogP contribution in [-0.2, 0) is 6.16 Å². The summed E-state index contributed by atoms with van der Waals surface area (Å²) in [6.45, 7) is 7.01. The second kappa shape index (κ2) is 19.0. The summed E-state index contributed by atoms with van der Waals surface area (Å²) in [5, 5.41) is 0. The Morgan fingerprint density at radius 1 is 0.581 bits per heavy atom. The van der Waals surface area contributed by atoms with Gasteiger partial charge in [-0.3, -0.25) is 0 Å². The van der Waals surface area contributed by atoms with Crippen molar-refractivity contribution >= 4 is 14.5 Å². The second-order valence-corrected chi connectivity index (χ2v) is 13.2. The van der Waals surface area contributed by atoms with Crippen LogP contribution in [0.25, 0.3) is 0 Å². The Balaban J connectivity index is 0.00000161. The van der Waals surface area contributed by atoms with E-state index in [1.54, 1.807) is 24.0 Å². The van der Waals surface area contributed by atoms with Crippen molar-refractivity contribution in [2.75, 3.05) is 18.5 Å². The first-order chi connectivity index (χ1) is 14.8. The van der Waals surface area contributed by atoms with Crippen LogP contribution in [0.4, 0.5) is 17.3 Å². The Kier molecular flexibility index (Phi) is 18.6. The highest BCUT2D eigenvalue weighted by Gasteiger charge is 2.35. The molecule has 182 valence electrons. The van der Waals surface area contributed by atoms with Gasteiger partial charge < -0.3 is 17.3 Å². The van der Waals surface area contributed by atoms with Crippen LogP contribution in [0.15, 0.2) is 30.3 Å². The Labute approximate surface area is 190 Å². The van der Waals surface area contributed by atoms with Gasteiger partial charge in [-0.2, -0.15) is 0 Å². The molecule has 0 saturated carbocycles. The highest BCUT2D eigenvalue weighted by molar-refractivity contribution is 7.75. The van der Waals surface area contributed by atoms with Crippen LogP contribution in [0.1, 0.15) is 103 Å². The van der Waals surface area contributed by atoms with E-state index in [9.17, 15) is 17.3 Å². The first-order valence-electron chi connectivity index (χ1n) is 12.5. The van der Waals surface area contributed by atoms with E-state index >= 15 is 0 Å². The lowest BCUT2D eigenvalue weighted by Gasteiger charge is -2.28. The number of benzene rings is 1. The number of hydrogen-bond donors (Lipinski definition) is 0. The second-order valence-electron chi connectivity index (χ2n) is 8.83. The van der Waals surface area contributed by atoms with Crippen molar-refractivity contribution in [2.24, 2.45) is 0 Å². The molecule has 0 fully saturated rings. The molecule has 6 heteroatoms. The van der Waals surface area contributed by atoms with Crippen LogP contribution in [-0.4, -0.2) is 25.7 Å². The lowest BCUT2D eigenvalue weighted by Crippen LogP contribution is -2.12. The number of rotatable bonds is 17. The summed E-state index contributed by atoms with van der Waals surface area (Å²) in [7, 11) is -6.84. The van der Waals surface area contributed by atoms with Crippen molar-refractivity contribution in [2.45, 2.75) is 104 Å². The fourth-order valence-electron chi connectivity index (χ4n) is 4.17. The van der Waals surface area contributed by atoms with Crippen LogP contribution in [0.2, 0.25) is 0 Å². The van der Waals surface area contributed by atoms with E-state index in [4.69, 9.17) is 0 Å². The molecule has 0 amide bonds. The fourth-order valence-corrected chi connectivity index (χ4v) is 8.98. The zero-order valence-electron chi connectivity index (χ0n) is 20.2. The first-order valence-corrected chi connectivity index (χ1v) is 15.1. The largest absolute Gasteiger partial charge is 0.673 e. The molecule has 0 nitrogen and oxygen atoms in total. The molecule has 0 aliphatic carbocycles. The first kappa shape index (κ1) is 30.4. The maximum Gasteiger partial charge on any atom is 0.673 e. The molecule has 0 unspecified atom stereocenters. The molecule has 1 aromatic rings. The molecule has 0 aromatic heterocycles. The monoisotopic (exact) mass is 464 g/mol. The van der Waals surface area contributed by atoms with E-state index < -0.39 is 14.5 Å². The lowest BCUT2D eigenvalue weighted by atomic mass is 10.2. The number of unbranched alkanes of at least 4 members (excludes halogenated alkanes) is 9. The topological polar surface area (TPSA) is 0 Å². The highest BCUT2D eigenvalue weighted by atomic mass is 31.2. The third-order valence-electron chi connectivity index (χ3n) is 5.82. The Morgan fingerprint density at radius 3 is 1.26 bits per heavy atom. The standard InChI is InChI=1S/C25H46P.BF4/c1-4-7-10-16-21-26(22-17-11-8-5-2,23-18-12-9-6-3)24-25-19-14-13-15-20-25;2-1(3,4)5/h13-15,19-20H,4-12,16-18,21-24H2,1-3H3;/q+1;-1. The summed E-state index contributed by atoms with van der Waals surface area (Å²) in [6.07, 6.45) is 23.3. The van der Waals surface area contributed by atoms with Crippen LogP contribution >= 0.6 is 7.26 Å². The van der Waals surface area contributed by atoms with Crippen molar-refractivity contribution in [1.29, 1.82) is 0 Å². The van der Waals surface area contributed by atoms with Gasteiger partial charge in [0.05, 0.1) is 24.6 Å². The molecule has 0 aliphatic rings. The summed E-state index contributed by atoms with van der Waals surface area (Å²) in [6, 6.07) is 11.4. The fraction of sp³-hybridized carbons (Fsp3) is 0.760. The van der Waals surface area contributed by atoms with Crippen molar-refractivity contribution in [1.82, 2.24) is 0 Å². The van der Waals surface area contributed by atoms with Gasteiger partial charge in [0.1, 0.15) is 0 Å². The summed E-state index contributed by atoms with van der Waals surface area (Å²) in [5.41, 5.74) is 1.61. The molecule has 1 rings (SSSR count). The van der Waals surface area contributed by atoms with Gasteiger partial charge in [0, 0.05) is 7.26 Å². The normalized spacial score (nSPS) is 11.8. The lowest BCUT2D eigenvalue weighted by molar-refractivity contribution is 0.368. The molecule has 0 bridgehead atoms. The SMILES string of the molecule is CCCCCC[P+](CCCCCC)(CCCCCC)Cc1ccccc1.F[B-](F)(F)F. The van der Waals surface area contributed by atoms with E-state index in [0.29, 0.717) is 0 Å². The minimum Gasteiger partial charge on any atom is -0.418 e. The van der Waals surface area contributed by atoms with Crippen molar-refractivity contribution in [3.8, 4) is 0 Å². The Bertz CT molecular complexity index is 471. The molecule has 0 atom stereocenters. The van der Waals surface area contributed by atoms with Gasteiger partial charge in [-0.05, 0) is 44.1 Å².